The first kappa shape index (κ1) is 25.2. The molecule has 10 nitrogen and oxygen atoms in total. The van der Waals surface area contributed by atoms with Crippen molar-refractivity contribution in [1.29, 1.82) is 10.5 Å². The molecule has 0 atom stereocenters. The fourth-order valence-electron chi connectivity index (χ4n) is 2.37. The van der Waals surface area contributed by atoms with Crippen LogP contribution in [-0.2, 0) is 0 Å². The molecule has 0 saturated heterocycles. The number of fused-ring (bicyclic) bond motifs is 2. The SMILES string of the molecule is [C-]#[N+]C([N+]#[C-])=C1Sc2c(OC(=O)N(C)C)c3c(c(OC(=O)N(C)C)c2S1)SC(=C(C#N)C#N)S3. The van der Waals surface area contributed by atoms with Gasteiger partial charge in [0.2, 0.25) is 0 Å². The summed E-state index contributed by atoms with van der Waals surface area (Å²) in [4.78, 5) is 35.5. The monoisotopic (exact) mass is 528 g/mol. The molecule has 14 heteroatoms. The predicted octanol–water partition coefficient (Wildman–Crippen LogP) is 5.43. The van der Waals surface area contributed by atoms with Crippen molar-refractivity contribution in [3.8, 4) is 23.6 Å². The van der Waals surface area contributed by atoms with Crippen molar-refractivity contribution in [2.24, 2.45) is 0 Å². The zero-order valence-electron chi connectivity index (χ0n) is 17.9. The van der Waals surface area contributed by atoms with Crippen LogP contribution in [0.5, 0.6) is 11.5 Å². The number of carbonyl (C=O) groups is 2. The number of rotatable bonds is 2. The molecule has 1 aromatic carbocycles. The normalized spacial score (nSPS) is 12.8. The lowest BCUT2D eigenvalue weighted by Gasteiger charge is -2.19. The van der Waals surface area contributed by atoms with Gasteiger partial charge < -0.3 is 19.3 Å². The van der Waals surface area contributed by atoms with Crippen molar-refractivity contribution in [2.75, 3.05) is 28.2 Å². The molecule has 0 spiro atoms. The Kier molecular flexibility index (Phi) is 7.61. The molecule has 3 rings (SSSR count). The van der Waals surface area contributed by atoms with Gasteiger partial charge in [-0.25, -0.2) is 9.59 Å². The van der Waals surface area contributed by atoms with E-state index in [2.05, 4.69) is 9.69 Å². The van der Waals surface area contributed by atoms with Gasteiger partial charge >= 0.3 is 18.0 Å². The minimum atomic E-state index is -0.676. The molecule has 1 aromatic rings. The van der Waals surface area contributed by atoms with Gasteiger partial charge in [-0.05, 0) is 0 Å². The Labute approximate surface area is 212 Å². The lowest BCUT2D eigenvalue weighted by molar-refractivity contribution is 0.165. The van der Waals surface area contributed by atoms with Crippen LogP contribution in [0.3, 0.4) is 0 Å². The number of allylic oxidation sites excluding steroid dienone is 1. The Bertz CT molecular complexity index is 1180. The van der Waals surface area contributed by atoms with Crippen LogP contribution in [0.1, 0.15) is 0 Å². The Balaban J connectivity index is 2.33. The van der Waals surface area contributed by atoms with Gasteiger partial charge in [-0.3, -0.25) is 0 Å². The third-order valence-corrected chi connectivity index (χ3v) is 9.10. The largest absolute Gasteiger partial charge is 0.540 e. The van der Waals surface area contributed by atoms with E-state index in [-0.39, 0.29) is 22.9 Å². The minimum Gasteiger partial charge on any atom is -0.408 e. The molecule has 2 heterocycles. The molecule has 0 N–H and O–H groups in total. The average Bonchev–Trinajstić information content (AvgIpc) is 3.43. The van der Waals surface area contributed by atoms with Crippen molar-refractivity contribution in [3.05, 3.63) is 42.7 Å². The fourth-order valence-corrected chi connectivity index (χ4v) is 7.51. The molecule has 0 fully saturated rings. The second-order valence-corrected chi connectivity index (χ2v) is 11.2. The molecule has 0 radical (unpaired) electrons. The summed E-state index contributed by atoms with van der Waals surface area (Å²) in [5, 5.41) is 18.7. The van der Waals surface area contributed by atoms with Crippen LogP contribution < -0.4 is 9.47 Å². The van der Waals surface area contributed by atoms with Crippen molar-refractivity contribution >= 4 is 59.2 Å². The number of nitriles is 2. The van der Waals surface area contributed by atoms with Crippen LogP contribution in [0.2, 0.25) is 0 Å². The molecule has 0 saturated carbocycles. The Hall–Kier alpha value is -3.40. The highest BCUT2D eigenvalue weighted by Gasteiger charge is 2.41. The number of ether oxygens (including phenoxy) is 2. The van der Waals surface area contributed by atoms with Gasteiger partial charge in [0.15, 0.2) is 11.5 Å². The van der Waals surface area contributed by atoms with Crippen LogP contribution in [0.15, 0.2) is 39.5 Å². The third-order valence-electron chi connectivity index (χ3n) is 3.95. The van der Waals surface area contributed by atoms with Crippen molar-refractivity contribution in [2.45, 2.75) is 19.6 Å². The van der Waals surface area contributed by atoms with E-state index in [4.69, 9.17) is 22.6 Å². The molecule has 170 valence electrons. The summed E-state index contributed by atoms with van der Waals surface area (Å²) >= 11 is 4.21. The summed E-state index contributed by atoms with van der Waals surface area (Å²) in [5.74, 6) is 0.106. The second kappa shape index (κ2) is 10.3. The van der Waals surface area contributed by atoms with Gasteiger partial charge in [-0.1, -0.05) is 47.0 Å². The van der Waals surface area contributed by atoms with Crippen molar-refractivity contribution < 1.29 is 19.1 Å². The maximum absolute atomic E-state index is 12.5. The van der Waals surface area contributed by atoms with Crippen LogP contribution in [0.4, 0.5) is 9.59 Å². The summed E-state index contributed by atoms with van der Waals surface area (Å²) in [6, 6.07) is 3.68. The average molecular weight is 529 g/mol. The number of carbonyl (C=O) groups excluding carboxylic acids is 2. The van der Waals surface area contributed by atoms with Crippen LogP contribution in [0, 0.1) is 35.8 Å². The topological polar surface area (TPSA) is 115 Å². The molecule has 34 heavy (non-hydrogen) atoms. The first-order valence-corrected chi connectivity index (χ1v) is 12.2. The molecule has 2 aliphatic heterocycles. The van der Waals surface area contributed by atoms with E-state index in [0.717, 1.165) is 47.0 Å². The molecule has 0 bridgehead atoms. The Morgan fingerprint density at radius 3 is 1.41 bits per heavy atom. The molecule has 0 aliphatic carbocycles. The van der Waals surface area contributed by atoms with E-state index in [0.29, 0.717) is 28.1 Å². The highest BCUT2D eigenvalue weighted by molar-refractivity contribution is 8.26. The summed E-state index contributed by atoms with van der Waals surface area (Å²) < 4.78 is 12.0. The van der Waals surface area contributed by atoms with Gasteiger partial charge in [-0.15, -0.1) is 0 Å². The van der Waals surface area contributed by atoms with Crippen LogP contribution in [-0.4, -0.2) is 50.2 Å². The maximum Gasteiger partial charge on any atom is 0.540 e. The first-order chi connectivity index (χ1) is 16.2. The predicted molar refractivity (Wildman–Crippen MR) is 128 cm³/mol. The molecule has 2 amide bonds. The highest BCUT2D eigenvalue weighted by atomic mass is 32.2. The number of hydrogen-bond donors (Lipinski definition) is 0. The standard InChI is InChI=1S/C20H12N6O4S4/c1-23-16(24-2)18-33-14-10(29-19(27)25(3)4)12-13(32-17(31-12)9(7-21)8-22)11(15(14)34-18)30-20(28)26(5)6/h3-6H3. The Morgan fingerprint density at radius 1 is 0.765 bits per heavy atom. The molecule has 0 aromatic heterocycles. The van der Waals surface area contributed by atoms with E-state index in [1.807, 2.05) is 12.1 Å². The van der Waals surface area contributed by atoms with Crippen LogP contribution >= 0.6 is 47.0 Å². The van der Waals surface area contributed by atoms with Crippen molar-refractivity contribution in [3.63, 3.8) is 0 Å². The second-order valence-electron chi connectivity index (χ2n) is 6.63. The van der Waals surface area contributed by atoms with E-state index >= 15 is 0 Å². The van der Waals surface area contributed by atoms with E-state index < -0.39 is 12.2 Å². The summed E-state index contributed by atoms with van der Waals surface area (Å²) in [5.41, 5.74) is -0.134. The molecule has 2 aliphatic rings. The lowest BCUT2D eigenvalue weighted by atomic mass is 10.3. The summed E-state index contributed by atoms with van der Waals surface area (Å²) in [7, 11) is 6.04. The maximum atomic E-state index is 12.5. The number of amides is 2. The molecular formula is C20H12N6O4S4. The zero-order chi connectivity index (χ0) is 25.2. The summed E-state index contributed by atoms with van der Waals surface area (Å²) in [6.45, 7) is 14.6. The van der Waals surface area contributed by atoms with Gasteiger partial charge in [0.25, 0.3) is 0 Å². The molecule has 0 unspecified atom stereocenters. The number of benzene rings is 1. The van der Waals surface area contributed by atoms with Gasteiger partial charge in [-0.2, -0.15) is 20.2 Å². The minimum absolute atomic E-state index is 0.134. The lowest BCUT2D eigenvalue weighted by Crippen LogP contribution is -2.26. The Morgan fingerprint density at radius 2 is 1.12 bits per heavy atom. The van der Waals surface area contributed by atoms with Crippen LogP contribution in [0.25, 0.3) is 9.69 Å². The van der Waals surface area contributed by atoms with Gasteiger partial charge in [0.05, 0.1) is 23.8 Å². The summed E-state index contributed by atoms with van der Waals surface area (Å²) in [6.07, 6.45) is -1.35. The smallest absolute Gasteiger partial charge is 0.408 e. The van der Waals surface area contributed by atoms with E-state index in [1.165, 1.54) is 38.0 Å². The highest BCUT2D eigenvalue weighted by Crippen LogP contribution is 2.68. The quantitative estimate of drug-likeness (QED) is 0.363. The van der Waals surface area contributed by atoms with Gasteiger partial charge in [0, 0.05) is 28.2 Å². The zero-order valence-corrected chi connectivity index (χ0v) is 21.2. The van der Waals surface area contributed by atoms with Crippen molar-refractivity contribution in [1.82, 2.24) is 9.80 Å². The number of nitrogens with zero attached hydrogens (tertiary/aromatic N) is 6. The molecular weight excluding hydrogens is 517 g/mol. The third kappa shape index (κ3) is 4.63. The number of thioether (sulfide) groups is 4. The number of hydrogen-bond acceptors (Lipinski definition) is 10. The first-order valence-electron chi connectivity index (χ1n) is 8.94. The fraction of sp³-hybridized carbons (Fsp3) is 0.200. The van der Waals surface area contributed by atoms with Gasteiger partial charge in [0.1, 0.15) is 35.1 Å². The van der Waals surface area contributed by atoms with E-state index in [1.54, 1.807) is 0 Å². The van der Waals surface area contributed by atoms with E-state index in [9.17, 15) is 20.1 Å².